The highest BCUT2D eigenvalue weighted by atomic mass is 127. The number of allylic oxidation sites excluding steroid dienone is 3. The topological polar surface area (TPSA) is 78.9 Å². The smallest absolute Gasteiger partial charge is 0.330 e. The van der Waals surface area contributed by atoms with Crippen LogP contribution in [0, 0.1) is 5.41 Å². The van der Waals surface area contributed by atoms with Crippen molar-refractivity contribution in [3.05, 3.63) is 21.8 Å². The van der Waals surface area contributed by atoms with Crippen LogP contribution < -0.4 is 0 Å². The number of esters is 3. The summed E-state index contributed by atoms with van der Waals surface area (Å²) < 4.78 is 15.5. The van der Waals surface area contributed by atoms with Crippen LogP contribution in [-0.4, -0.2) is 38.7 Å². The van der Waals surface area contributed by atoms with E-state index in [1.54, 1.807) is 6.92 Å². The molecule has 25 heavy (non-hydrogen) atoms. The Morgan fingerprint density at radius 1 is 1.04 bits per heavy atom. The average molecular weight is 466 g/mol. The molecule has 0 spiro atoms. The van der Waals surface area contributed by atoms with Crippen molar-refractivity contribution < 1.29 is 28.6 Å². The summed E-state index contributed by atoms with van der Waals surface area (Å²) in [5, 5.41) is 0. The molecule has 0 amide bonds. The Hall–Kier alpha value is -1.38. The first-order chi connectivity index (χ1) is 11.9. The fraction of sp³-hybridized carbons (Fsp3) is 0.611. The van der Waals surface area contributed by atoms with Gasteiger partial charge < -0.3 is 14.2 Å². The zero-order valence-electron chi connectivity index (χ0n) is 15.3. The molecule has 0 fully saturated rings. The quantitative estimate of drug-likeness (QED) is 0.152. The van der Waals surface area contributed by atoms with Gasteiger partial charge in [0.1, 0.15) is 0 Å². The minimum Gasteiger partial charge on any atom is -0.468 e. The molecule has 0 aliphatic carbocycles. The molecule has 7 heteroatoms. The largest absolute Gasteiger partial charge is 0.468 e. The van der Waals surface area contributed by atoms with Crippen molar-refractivity contribution in [1.82, 2.24) is 0 Å². The SMILES string of the molecule is CCCC/C(I)=C/CC(C/C=C/C(=O)OCC)(C(=O)OC)C(=O)OC. The van der Waals surface area contributed by atoms with E-state index in [1.807, 2.05) is 6.08 Å². The maximum Gasteiger partial charge on any atom is 0.330 e. The van der Waals surface area contributed by atoms with Crippen LogP contribution in [0.5, 0.6) is 0 Å². The van der Waals surface area contributed by atoms with Gasteiger partial charge in [0.05, 0.1) is 20.8 Å². The predicted molar refractivity (Wildman–Crippen MR) is 103 cm³/mol. The van der Waals surface area contributed by atoms with Crippen molar-refractivity contribution in [2.45, 2.75) is 46.0 Å². The van der Waals surface area contributed by atoms with E-state index in [-0.39, 0.29) is 19.4 Å². The highest BCUT2D eigenvalue weighted by Crippen LogP contribution is 2.33. The van der Waals surface area contributed by atoms with E-state index in [0.717, 1.165) is 22.8 Å². The van der Waals surface area contributed by atoms with Gasteiger partial charge in [-0.2, -0.15) is 0 Å². The van der Waals surface area contributed by atoms with Gasteiger partial charge in [-0.3, -0.25) is 9.59 Å². The van der Waals surface area contributed by atoms with Crippen molar-refractivity contribution in [3.8, 4) is 0 Å². The minimum atomic E-state index is -1.52. The van der Waals surface area contributed by atoms with Gasteiger partial charge in [-0.05, 0) is 58.8 Å². The fourth-order valence-corrected chi connectivity index (χ4v) is 2.77. The number of unbranched alkanes of at least 4 members (excludes halogenated alkanes) is 1. The minimum absolute atomic E-state index is 0.0145. The first-order valence-electron chi connectivity index (χ1n) is 8.22. The molecule has 0 N–H and O–H groups in total. The van der Waals surface area contributed by atoms with Crippen molar-refractivity contribution in [1.29, 1.82) is 0 Å². The Balaban J connectivity index is 5.48. The monoisotopic (exact) mass is 466 g/mol. The second-order valence-corrected chi connectivity index (χ2v) is 6.77. The molecule has 0 rings (SSSR count). The lowest BCUT2D eigenvalue weighted by Gasteiger charge is -2.26. The molecule has 0 aliphatic rings. The lowest BCUT2D eigenvalue weighted by molar-refractivity contribution is -0.168. The molecule has 0 heterocycles. The maximum absolute atomic E-state index is 12.4. The summed E-state index contributed by atoms with van der Waals surface area (Å²) >= 11 is 2.20. The number of ether oxygens (including phenoxy) is 3. The third-order valence-corrected chi connectivity index (χ3v) is 4.58. The molecule has 0 aromatic rings. The summed E-state index contributed by atoms with van der Waals surface area (Å²) in [5.41, 5.74) is -1.52. The summed E-state index contributed by atoms with van der Waals surface area (Å²) in [5.74, 6) is -1.91. The van der Waals surface area contributed by atoms with E-state index in [0.29, 0.717) is 0 Å². The molecular weight excluding hydrogens is 439 g/mol. The Kier molecular flexibility index (Phi) is 12.2. The summed E-state index contributed by atoms with van der Waals surface area (Å²) in [7, 11) is 2.45. The van der Waals surface area contributed by atoms with E-state index in [1.165, 1.54) is 26.4 Å². The van der Waals surface area contributed by atoms with Crippen LogP contribution in [0.3, 0.4) is 0 Å². The first-order valence-corrected chi connectivity index (χ1v) is 9.30. The van der Waals surface area contributed by atoms with Crippen LogP contribution in [0.15, 0.2) is 21.8 Å². The standard InChI is InChI=1S/C18H27IO6/c1-5-7-9-14(19)11-13-18(16(21)23-3,17(22)24-4)12-8-10-15(20)25-6-2/h8,10-11H,5-7,9,12-13H2,1-4H3/b10-8+,14-11-. The number of carbonyl (C=O) groups is 3. The molecular formula is C18H27IO6. The molecule has 0 saturated carbocycles. The number of halogens is 1. The van der Waals surface area contributed by atoms with Gasteiger partial charge in [-0.25, -0.2) is 4.79 Å². The van der Waals surface area contributed by atoms with Gasteiger partial charge in [-0.15, -0.1) is 0 Å². The lowest BCUT2D eigenvalue weighted by Crippen LogP contribution is -2.40. The van der Waals surface area contributed by atoms with Crippen molar-refractivity contribution in [2.75, 3.05) is 20.8 Å². The van der Waals surface area contributed by atoms with Crippen molar-refractivity contribution in [3.63, 3.8) is 0 Å². The number of rotatable bonds is 11. The normalized spacial score (nSPS) is 12.1. The molecule has 0 saturated heterocycles. The number of carbonyl (C=O) groups excluding carboxylic acids is 3. The van der Waals surface area contributed by atoms with Crippen LogP contribution in [0.4, 0.5) is 0 Å². The number of methoxy groups -OCH3 is 2. The summed E-state index contributed by atoms with van der Waals surface area (Å²) in [6.07, 6.45) is 7.59. The van der Waals surface area contributed by atoms with Crippen LogP contribution >= 0.6 is 22.6 Å². The number of hydrogen-bond donors (Lipinski definition) is 0. The molecule has 0 bridgehead atoms. The van der Waals surface area contributed by atoms with E-state index < -0.39 is 23.3 Å². The Labute approximate surface area is 163 Å². The summed E-state index contributed by atoms with van der Waals surface area (Å²) in [6, 6.07) is 0. The molecule has 0 aliphatic heterocycles. The van der Waals surface area contributed by atoms with Crippen LogP contribution in [0.2, 0.25) is 0 Å². The molecule has 0 atom stereocenters. The Morgan fingerprint density at radius 3 is 2.12 bits per heavy atom. The molecule has 142 valence electrons. The van der Waals surface area contributed by atoms with Crippen LogP contribution in [-0.2, 0) is 28.6 Å². The second-order valence-electron chi connectivity index (χ2n) is 5.38. The average Bonchev–Trinajstić information content (AvgIpc) is 2.61. The van der Waals surface area contributed by atoms with Crippen LogP contribution in [0.1, 0.15) is 46.0 Å². The van der Waals surface area contributed by atoms with E-state index >= 15 is 0 Å². The van der Waals surface area contributed by atoms with Crippen molar-refractivity contribution >= 4 is 40.5 Å². The third-order valence-electron chi connectivity index (χ3n) is 3.60. The summed E-state index contributed by atoms with van der Waals surface area (Å²) in [6.45, 7) is 4.04. The molecule has 6 nitrogen and oxygen atoms in total. The lowest BCUT2D eigenvalue weighted by atomic mass is 9.80. The van der Waals surface area contributed by atoms with Crippen LogP contribution in [0.25, 0.3) is 0 Å². The van der Waals surface area contributed by atoms with E-state index in [2.05, 4.69) is 29.5 Å². The van der Waals surface area contributed by atoms with Gasteiger partial charge in [0.2, 0.25) is 0 Å². The van der Waals surface area contributed by atoms with Gasteiger partial charge >= 0.3 is 17.9 Å². The highest BCUT2D eigenvalue weighted by Gasteiger charge is 2.46. The van der Waals surface area contributed by atoms with Gasteiger partial charge in [0.15, 0.2) is 5.41 Å². The van der Waals surface area contributed by atoms with Gasteiger partial charge in [0.25, 0.3) is 0 Å². The molecule has 0 radical (unpaired) electrons. The van der Waals surface area contributed by atoms with Gasteiger partial charge in [-0.1, -0.05) is 25.5 Å². The molecule has 0 aromatic carbocycles. The molecule has 0 unspecified atom stereocenters. The van der Waals surface area contributed by atoms with Gasteiger partial charge in [0, 0.05) is 6.08 Å². The second kappa shape index (κ2) is 12.9. The summed E-state index contributed by atoms with van der Waals surface area (Å²) in [4.78, 5) is 36.2. The third kappa shape index (κ3) is 8.02. The molecule has 0 aromatic heterocycles. The fourth-order valence-electron chi connectivity index (χ4n) is 2.17. The zero-order chi connectivity index (χ0) is 19.3. The van der Waals surface area contributed by atoms with E-state index in [4.69, 9.17) is 14.2 Å². The number of hydrogen-bond acceptors (Lipinski definition) is 6. The Morgan fingerprint density at radius 2 is 1.64 bits per heavy atom. The highest BCUT2D eigenvalue weighted by molar-refractivity contribution is 14.1. The zero-order valence-corrected chi connectivity index (χ0v) is 17.5. The van der Waals surface area contributed by atoms with Crippen molar-refractivity contribution in [2.24, 2.45) is 5.41 Å². The Bertz CT molecular complexity index is 494. The first kappa shape index (κ1) is 23.6. The van der Waals surface area contributed by atoms with E-state index in [9.17, 15) is 14.4 Å². The maximum atomic E-state index is 12.4. The predicted octanol–water partition coefficient (Wildman–Crippen LogP) is 3.73.